The maximum absolute atomic E-state index is 9.20. The average molecular weight is 286 g/mol. The smallest absolute Gasteiger partial charge is 0.140 e. The summed E-state index contributed by atoms with van der Waals surface area (Å²) < 4.78 is 5.79. The second kappa shape index (κ2) is 5.64. The minimum atomic E-state index is -0.123. The third-order valence-corrected chi connectivity index (χ3v) is 3.86. The summed E-state index contributed by atoms with van der Waals surface area (Å²) in [6.45, 7) is 8.61. The van der Waals surface area contributed by atoms with Gasteiger partial charge in [0.25, 0.3) is 0 Å². The Morgan fingerprint density at radius 2 is 2.00 bits per heavy atom. The highest BCUT2D eigenvalue weighted by Gasteiger charge is 2.23. The maximum atomic E-state index is 9.20. The number of ether oxygens (including phenoxy) is 1. The van der Waals surface area contributed by atoms with Crippen molar-refractivity contribution in [1.82, 2.24) is 4.98 Å². The predicted octanol–water partition coefficient (Wildman–Crippen LogP) is 4.20. The Kier molecular flexibility index (Phi) is 4.10. The summed E-state index contributed by atoms with van der Waals surface area (Å²) in [5, 5.41) is 10.0. The minimum absolute atomic E-state index is 0.123. The number of para-hydroxylation sites is 1. The van der Waals surface area contributed by atoms with E-state index >= 15 is 0 Å². The number of aromatic nitrogens is 1. The van der Waals surface area contributed by atoms with Gasteiger partial charge < -0.3 is 4.74 Å². The third-order valence-electron chi connectivity index (χ3n) is 2.93. The summed E-state index contributed by atoms with van der Waals surface area (Å²) in [6, 6.07) is 10.1. The normalized spacial score (nSPS) is 11.2. The van der Waals surface area contributed by atoms with Crippen molar-refractivity contribution in [3.63, 3.8) is 0 Å². The van der Waals surface area contributed by atoms with E-state index in [4.69, 9.17) is 4.74 Å². The Labute approximate surface area is 123 Å². The lowest BCUT2D eigenvalue weighted by atomic mass is 9.91. The van der Waals surface area contributed by atoms with Gasteiger partial charge in [0.1, 0.15) is 28.3 Å². The molecule has 0 unspecified atom stereocenters. The van der Waals surface area contributed by atoms with E-state index in [0.717, 1.165) is 22.0 Å². The molecule has 0 bridgehead atoms. The standard InChI is InChI=1S/C16H18N2OS/c1-11-7-5-6-8-12(11)19-10-14-18-15(16(2,3)4)13(9-17)20-14/h5-8H,10H2,1-4H3. The highest BCUT2D eigenvalue weighted by atomic mass is 32.1. The van der Waals surface area contributed by atoms with Gasteiger partial charge >= 0.3 is 0 Å². The van der Waals surface area contributed by atoms with Gasteiger partial charge in [0.15, 0.2) is 0 Å². The van der Waals surface area contributed by atoms with E-state index in [1.165, 1.54) is 11.3 Å². The summed E-state index contributed by atoms with van der Waals surface area (Å²) >= 11 is 1.41. The van der Waals surface area contributed by atoms with Gasteiger partial charge in [0, 0.05) is 5.41 Å². The van der Waals surface area contributed by atoms with Gasteiger partial charge in [0.2, 0.25) is 0 Å². The van der Waals surface area contributed by atoms with E-state index in [0.29, 0.717) is 11.5 Å². The van der Waals surface area contributed by atoms with Crippen molar-refractivity contribution in [3.05, 3.63) is 45.4 Å². The van der Waals surface area contributed by atoms with Gasteiger partial charge in [-0.1, -0.05) is 39.0 Å². The van der Waals surface area contributed by atoms with E-state index in [-0.39, 0.29) is 5.41 Å². The zero-order valence-corrected chi connectivity index (χ0v) is 13.0. The molecule has 0 aliphatic rings. The van der Waals surface area contributed by atoms with E-state index < -0.39 is 0 Å². The first kappa shape index (κ1) is 14.5. The van der Waals surface area contributed by atoms with Gasteiger partial charge in [0.05, 0.1) is 5.69 Å². The molecule has 0 saturated heterocycles. The molecule has 0 aliphatic carbocycles. The van der Waals surface area contributed by atoms with Gasteiger partial charge in [-0.15, -0.1) is 11.3 Å². The first-order valence-electron chi connectivity index (χ1n) is 6.50. The third kappa shape index (κ3) is 3.17. The summed E-state index contributed by atoms with van der Waals surface area (Å²) in [7, 11) is 0. The minimum Gasteiger partial charge on any atom is -0.486 e. The van der Waals surface area contributed by atoms with E-state index in [1.54, 1.807) is 0 Å². The molecule has 20 heavy (non-hydrogen) atoms. The van der Waals surface area contributed by atoms with Gasteiger partial charge in [-0.05, 0) is 18.6 Å². The number of benzene rings is 1. The first-order valence-corrected chi connectivity index (χ1v) is 7.32. The van der Waals surface area contributed by atoms with Crippen LogP contribution in [-0.4, -0.2) is 4.98 Å². The van der Waals surface area contributed by atoms with E-state index in [1.807, 2.05) is 31.2 Å². The van der Waals surface area contributed by atoms with Crippen LogP contribution in [0.15, 0.2) is 24.3 Å². The lowest BCUT2D eigenvalue weighted by molar-refractivity contribution is 0.303. The molecule has 1 aromatic carbocycles. The molecule has 2 rings (SSSR count). The van der Waals surface area contributed by atoms with Crippen LogP contribution in [0.1, 0.15) is 41.9 Å². The van der Waals surface area contributed by atoms with Crippen molar-refractivity contribution < 1.29 is 4.74 Å². The first-order chi connectivity index (χ1) is 9.41. The molecule has 1 heterocycles. The van der Waals surface area contributed by atoms with Crippen molar-refractivity contribution in [1.29, 1.82) is 5.26 Å². The highest BCUT2D eigenvalue weighted by molar-refractivity contribution is 7.12. The Bertz CT molecular complexity index is 647. The topological polar surface area (TPSA) is 45.9 Å². The Morgan fingerprint density at radius 3 is 2.55 bits per heavy atom. The fraction of sp³-hybridized carbons (Fsp3) is 0.375. The molecular weight excluding hydrogens is 268 g/mol. The molecule has 0 aliphatic heterocycles. The van der Waals surface area contributed by atoms with Gasteiger partial charge in [-0.3, -0.25) is 0 Å². The molecule has 0 N–H and O–H groups in total. The van der Waals surface area contributed by atoms with Crippen molar-refractivity contribution in [2.24, 2.45) is 0 Å². The Balaban J connectivity index is 2.18. The van der Waals surface area contributed by atoms with Crippen molar-refractivity contribution in [2.45, 2.75) is 39.7 Å². The number of hydrogen-bond acceptors (Lipinski definition) is 4. The molecule has 0 amide bonds. The van der Waals surface area contributed by atoms with Crippen molar-refractivity contribution in [2.75, 3.05) is 0 Å². The molecule has 104 valence electrons. The number of thiazole rings is 1. The van der Waals surface area contributed by atoms with Crippen LogP contribution in [0.2, 0.25) is 0 Å². The molecule has 0 atom stereocenters. The fourth-order valence-electron chi connectivity index (χ4n) is 1.87. The average Bonchev–Trinajstić information content (AvgIpc) is 2.81. The van der Waals surface area contributed by atoms with Crippen molar-refractivity contribution in [3.8, 4) is 11.8 Å². The van der Waals surface area contributed by atoms with Crippen LogP contribution in [0.3, 0.4) is 0 Å². The fourth-order valence-corrected chi connectivity index (χ4v) is 2.85. The van der Waals surface area contributed by atoms with Crippen LogP contribution in [0.25, 0.3) is 0 Å². The number of nitrogens with zero attached hydrogens (tertiary/aromatic N) is 2. The molecule has 4 heteroatoms. The number of nitriles is 1. The monoisotopic (exact) mass is 286 g/mol. The zero-order valence-electron chi connectivity index (χ0n) is 12.2. The van der Waals surface area contributed by atoms with Gasteiger partial charge in [-0.2, -0.15) is 5.26 Å². The predicted molar refractivity (Wildman–Crippen MR) is 81.0 cm³/mol. The second-order valence-corrected chi connectivity index (χ2v) is 6.78. The lowest BCUT2D eigenvalue weighted by Crippen LogP contribution is -2.13. The van der Waals surface area contributed by atoms with Crippen LogP contribution in [0, 0.1) is 18.3 Å². The number of hydrogen-bond donors (Lipinski definition) is 0. The number of rotatable bonds is 3. The van der Waals surface area contributed by atoms with E-state index in [2.05, 4.69) is 31.8 Å². The Morgan fingerprint density at radius 1 is 1.30 bits per heavy atom. The second-order valence-electron chi connectivity index (χ2n) is 5.70. The summed E-state index contributed by atoms with van der Waals surface area (Å²) in [5.41, 5.74) is 1.83. The van der Waals surface area contributed by atoms with Crippen LogP contribution in [0.4, 0.5) is 0 Å². The van der Waals surface area contributed by atoms with Crippen LogP contribution >= 0.6 is 11.3 Å². The SMILES string of the molecule is Cc1ccccc1OCc1nc(C(C)(C)C)c(C#N)s1. The zero-order chi connectivity index (χ0) is 14.8. The molecule has 2 aromatic rings. The summed E-state index contributed by atoms with van der Waals surface area (Å²) in [6.07, 6.45) is 0. The Hall–Kier alpha value is -1.86. The number of aryl methyl sites for hydroxylation is 1. The van der Waals surface area contributed by atoms with Crippen LogP contribution < -0.4 is 4.74 Å². The maximum Gasteiger partial charge on any atom is 0.140 e. The van der Waals surface area contributed by atoms with E-state index in [9.17, 15) is 5.26 Å². The molecule has 1 aromatic heterocycles. The molecule has 3 nitrogen and oxygen atoms in total. The summed E-state index contributed by atoms with van der Waals surface area (Å²) in [5.74, 6) is 0.860. The summed E-state index contributed by atoms with van der Waals surface area (Å²) in [4.78, 5) is 5.25. The molecule has 0 spiro atoms. The molecule has 0 radical (unpaired) electrons. The van der Waals surface area contributed by atoms with Crippen LogP contribution in [0.5, 0.6) is 5.75 Å². The lowest BCUT2D eigenvalue weighted by Gasteiger charge is -2.15. The largest absolute Gasteiger partial charge is 0.486 e. The quantitative estimate of drug-likeness (QED) is 0.849. The molecule has 0 fully saturated rings. The highest BCUT2D eigenvalue weighted by Crippen LogP contribution is 2.29. The molecular formula is C16H18N2OS. The van der Waals surface area contributed by atoms with Crippen LogP contribution in [-0.2, 0) is 12.0 Å². The molecule has 0 saturated carbocycles. The van der Waals surface area contributed by atoms with Gasteiger partial charge in [-0.25, -0.2) is 4.98 Å². The van der Waals surface area contributed by atoms with Crippen molar-refractivity contribution >= 4 is 11.3 Å².